The molecule has 1 aromatic heterocycles. The molecular formula is C29H29F3N2O3. The number of alkyl halides is 3. The minimum atomic E-state index is -4.43. The van der Waals surface area contributed by atoms with Gasteiger partial charge in [-0.05, 0) is 59.9 Å². The molecule has 4 rings (SSSR count). The fourth-order valence-corrected chi connectivity index (χ4v) is 4.35. The summed E-state index contributed by atoms with van der Waals surface area (Å²) in [7, 11) is 1.95. The third-order valence-corrected chi connectivity index (χ3v) is 6.23. The number of hydrogen-bond acceptors (Lipinski definition) is 3. The van der Waals surface area contributed by atoms with Gasteiger partial charge in [0.1, 0.15) is 5.75 Å². The number of nitrogens with zero attached hydrogens (tertiary/aromatic N) is 1. The number of carbonyl (C=O) groups excluding carboxylic acids is 1. The third-order valence-electron chi connectivity index (χ3n) is 6.23. The number of aliphatic hydroxyl groups is 1. The lowest BCUT2D eigenvalue weighted by Crippen LogP contribution is -2.39. The number of carbonyl (C=O) groups is 1. The highest BCUT2D eigenvalue weighted by Crippen LogP contribution is 2.32. The van der Waals surface area contributed by atoms with Crippen molar-refractivity contribution in [2.45, 2.75) is 32.0 Å². The molecule has 37 heavy (non-hydrogen) atoms. The summed E-state index contributed by atoms with van der Waals surface area (Å²) in [4.78, 5) is 13.4. The van der Waals surface area contributed by atoms with Crippen molar-refractivity contribution >= 4 is 16.8 Å². The van der Waals surface area contributed by atoms with Crippen molar-refractivity contribution in [3.8, 4) is 16.9 Å². The second kappa shape index (κ2) is 11.1. The lowest BCUT2D eigenvalue weighted by molar-refractivity contribution is -0.137. The van der Waals surface area contributed by atoms with Crippen LogP contribution in [0.1, 0.15) is 34.8 Å². The van der Waals surface area contributed by atoms with Crippen LogP contribution in [0.5, 0.6) is 5.75 Å². The average molecular weight is 511 g/mol. The molecule has 4 aromatic rings. The van der Waals surface area contributed by atoms with Gasteiger partial charge >= 0.3 is 6.18 Å². The van der Waals surface area contributed by atoms with E-state index in [0.717, 1.165) is 35.0 Å². The van der Waals surface area contributed by atoms with Crippen molar-refractivity contribution in [3.05, 3.63) is 89.6 Å². The van der Waals surface area contributed by atoms with Gasteiger partial charge in [0.2, 0.25) is 0 Å². The van der Waals surface area contributed by atoms with E-state index in [2.05, 4.69) is 5.32 Å². The summed E-state index contributed by atoms with van der Waals surface area (Å²) in [6.07, 6.45) is -1.28. The molecule has 0 unspecified atom stereocenters. The normalized spacial score (nSPS) is 12.5. The fraction of sp³-hybridized carbons (Fsp3) is 0.276. The van der Waals surface area contributed by atoms with Crippen LogP contribution in [-0.2, 0) is 19.6 Å². The summed E-state index contributed by atoms with van der Waals surface area (Å²) < 4.78 is 46.7. The summed E-state index contributed by atoms with van der Waals surface area (Å²) in [6, 6.07) is 17.1. The molecule has 0 aliphatic carbocycles. The van der Waals surface area contributed by atoms with Gasteiger partial charge in [-0.25, -0.2) is 0 Å². The molecule has 1 atom stereocenters. The van der Waals surface area contributed by atoms with Gasteiger partial charge in [0.15, 0.2) is 0 Å². The highest BCUT2D eigenvalue weighted by atomic mass is 19.4. The van der Waals surface area contributed by atoms with Crippen molar-refractivity contribution in [1.82, 2.24) is 9.88 Å². The summed E-state index contributed by atoms with van der Waals surface area (Å²) in [5, 5.41) is 14.0. The molecule has 0 bridgehead atoms. The summed E-state index contributed by atoms with van der Waals surface area (Å²) in [5.41, 5.74) is 2.69. The van der Waals surface area contributed by atoms with Crippen LogP contribution in [0.2, 0.25) is 0 Å². The first-order chi connectivity index (χ1) is 17.7. The molecule has 0 saturated heterocycles. The van der Waals surface area contributed by atoms with E-state index in [1.54, 1.807) is 18.2 Å². The van der Waals surface area contributed by atoms with Crippen molar-refractivity contribution in [3.63, 3.8) is 0 Å². The Morgan fingerprint density at radius 3 is 2.43 bits per heavy atom. The minimum absolute atomic E-state index is 0.252. The van der Waals surface area contributed by atoms with Gasteiger partial charge < -0.3 is 19.7 Å². The monoisotopic (exact) mass is 510 g/mol. The van der Waals surface area contributed by atoms with Gasteiger partial charge in [0, 0.05) is 24.1 Å². The summed E-state index contributed by atoms with van der Waals surface area (Å²) in [5.74, 6) is -0.0592. The van der Waals surface area contributed by atoms with E-state index in [0.29, 0.717) is 29.9 Å². The second-order valence-corrected chi connectivity index (χ2v) is 8.97. The van der Waals surface area contributed by atoms with Crippen LogP contribution < -0.4 is 10.1 Å². The van der Waals surface area contributed by atoms with Gasteiger partial charge in [-0.1, -0.05) is 43.3 Å². The molecule has 3 aromatic carbocycles. The molecule has 0 aliphatic rings. The Morgan fingerprint density at radius 1 is 1.05 bits per heavy atom. The van der Waals surface area contributed by atoms with E-state index in [1.807, 2.05) is 49.0 Å². The molecular weight excluding hydrogens is 481 g/mol. The van der Waals surface area contributed by atoms with Gasteiger partial charge in [-0.2, -0.15) is 13.2 Å². The first-order valence-electron chi connectivity index (χ1n) is 12.1. The third kappa shape index (κ3) is 5.97. The van der Waals surface area contributed by atoms with Gasteiger partial charge in [0.05, 0.1) is 30.4 Å². The number of amides is 1. The Hall–Kier alpha value is -3.78. The van der Waals surface area contributed by atoms with E-state index >= 15 is 0 Å². The number of aryl methyl sites for hydroxylation is 1. The number of hydrogen-bond donors (Lipinski definition) is 2. The van der Waals surface area contributed by atoms with Crippen molar-refractivity contribution < 1.29 is 27.8 Å². The summed E-state index contributed by atoms with van der Waals surface area (Å²) >= 11 is 0. The first kappa shape index (κ1) is 26.3. The number of rotatable bonds is 9. The van der Waals surface area contributed by atoms with Crippen LogP contribution in [0.25, 0.3) is 22.0 Å². The molecule has 0 fully saturated rings. The first-order valence-corrected chi connectivity index (χ1v) is 12.1. The van der Waals surface area contributed by atoms with Crippen LogP contribution in [0, 0.1) is 0 Å². The maximum atomic E-state index is 13.4. The summed E-state index contributed by atoms with van der Waals surface area (Å²) in [6.45, 7) is 2.08. The van der Waals surface area contributed by atoms with Gasteiger partial charge in [0.25, 0.3) is 5.91 Å². The van der Waals surface area contributed by atoms with Crippen molar-refractivity contribution in [1.29, 1.82) is 0 Å². The molecule has 2 N–H and O–H groups in total. The van der Waals surface area contributed by atoms with E-state index < -0.39 is 23.7 Å². The zero-order valence-corrected chi connectivity index (χ0v) is 20.7. The van der Waals surface area contributed by atoms with E-state index in [9.17, 15) is 23.1 Å². The number of para-hydroxylation sites is 1. The van der Waals surface area contributed by atoms with E-state index in [4.69, 9.17) is 4.74 Å². The van der Waals surface area contributed by atoms with Gasteiger partial charge in [-0.15, -0.1) is 0 Å². The Kier molecular flexibility index (Phi) is 7.88. The predicted molar refractivity (Wildman–Crippen MR) is 138 cm³/mol. The molecule has 194 valence electrons. The zero-order valence-electron chi connectivity index (χ0n) is 20.7. The Balaban J connectivity index is 1.60. The van der Waals surface area contributed by atoms with Crippen LogP contribution in [0.3, 0.4) is 0 Å². The van der Waals surface area contributed by atoms with Crippen LogP contribution in [-0.4, -0.2) is 34.8 Å². The largest absolute Gasteiger partial charge is 0.493 e. The second-order valence-electron chi connectivity index (χ2n) is 8.97. The quantitative estimate of drug-likeness (QED) is 0.291. The van der Waals surface area contributed by atoms with Crippen LogP contribution >= 0.6 is 0 Å². The van der Waals surface area contributed by atoms with E-state index in [1.165, 1.54) is 12.1 Å². The Labute approximate surface area is 213 Å². The molecule has 1 amide bonds. The molecule has 1 heterocycles. The number of ether oxygens (including phenoxy) is 1. The number of aliphatic hydroxyl groups excluding tert-OH is 1. The van der Waals surface area contributed by atoms with Crippen LogP contribution in [0.15, 0.2) is 72.9 Å². The Morgan fingerprint density at radius 2 is 1.76 bits per heavy atom. The molecule has 0 spiro atoms. The molecule has 5 nitrogen and oxygen atoms in total. The lowest BCUT2D eigenvalue weighted by atomic mass is 10.00. The average Bonchev–Trinajstić information content (AvgIpc) is 3.21. The van der Waals surface area contributed by atoms with Crippen LogP contribution in [0.4, 0.5) is 13.2 Å². The number of aromatic nitrogens is 1. The lowest BCUT2D eigenvalue weighted by Gasteiger charge is -2.18. The van der Waals surface area contributed by atoms with E-state index in [-0.39, 0.29) is 12.2 Å². The SMILES string of the molecule is CCCOc1ccc(-c2ccc(C(F)(F)F)cc2)cc1C(=O)N[C@@H](CO)Cc1cn(C)c2ccccc12. The smallest absolute Gasteiger partial charge is 0.416 e. The molecule has 0 aliphatic heterocycles. The van der Waals surface area contributed by atoms with Gasteiger partial charge in [-0.3, -0.25) is 4.79 Å². The number of benzene rings is 3. The number of fused-ring (bicyclic) bond motifs is 1. The molecule has 8 heteroatoms. The van der Waals surface area contributed by atoms with Crippen molar-refractivity contribution in [2.24, 2.45) is 7.05 Å². The maximum Gasteiger partial charge on any atom is 0.416 e. The highest BCUT2D eigenvalue weighted by molar-refractivity contribution is 5.98. The zero-order chi connectivity index (χ0) is 26.6. The Bertz CT molecular complexity index is 1380. The highest BCUT2D eigenvalue weighted by Gasteiger charge is 2.30. The number of nitrogens with one attached hydrogen (secondary N) is 1. The molecule has 0 saturated carbocycles. The maximum absolute atomic E-state index is 13.4. The fourth-order valence-electron chi connectivity index (χ4n) is 4.35. The predicted octanol–water partition coefficient (Wildman–Crippen LogP) is 5.99. The number of halogens is 3. The standard InChI is InChI=1S/C29H29F3N2O3/c1-3-14-37-27-13-10-20(19-8-11-22(12-9-19)29(30,31)32)16-25(27)28(36)33-23(18-35)15-21-17-34(2)26-7-5-4-6-24(21)26/h4-13,16-17,23,35H,3,14-15,18H2,1-2H3,(H,33,36)/t23-/m1/s1. The van der Waals surface area contributed by atoms with Crippen molar-refractivity contribution in [2.75, 3.05) is 13.2 Å². The topological polar surface area (TPSA) is 63.5 Å². The minimum Gasteiger partial charge on any atom is -0.493 e. The molecule has 0 radical (unpaired) electrons.